The molecule has 1 radical (unpaired) electrons. The normalized spacial score (nSPS) is 10.2. The molecule has 77 valence electrons. The first-order valence-corrected chi connectivity index (χ1v) is 4.41. The lowest BCUT2D eigenvalue weighted by Crippen LogP contribution is -2.22. The molecule has 1 amide bonds. The van der Waals surface area contributed by atoms with Crippen LogP contribution >= 0.6 is 0 Å². The molecule has 0 heterocycles. The van der Waals surface area contributed by atoms with E-state index in [1.165, 1.54) is 6.08 Å². The summed E-state index contributed by atoms with van der Waals surface area (Å²) in [7, 11) is 0. The standard InChI is InChI=1S/C11H11N2O2/c12-8-11(15)13-10-6-2-1-4-9(10)5-3-7-14/h1-6H,8,12H2,(H,13,15)/b5-3+. The fourth-order valence-corrected chi connectivity index (χ4v) is 1.08. The number of carbonyl (C=O) groups is 1. The molecule has 1 aromatic rings. The van der Waals surface area contributed by atoms with Gasteiger partial charge in [0.15, 0.2) is 0 Å². The van der Waals surface area contributed by atoms with Crippen molar-refractivity contribution in [2.24, 2.45) is 5.73 Å². The average molecular weight is 203 g/mol. The first-order chi connectivity index (χ1) is 7.27. The topological polar surface area (TPSA) is 72.2 Å². The molecule has 0 spiro atoms. The third-order valence-corrected chi connectivity index (χ3v) is 1.75. The predicted octanol–water partition coefficient (Wildman–Crippen LogP) is 0.707. The smallest absolute Gasteiger partial charge is 0.238 e. The van der Waals surface area contributed by atoms with Crippen LogP contribution in [0.4, 0.5) is 5.69 Å². The quantitative estimate of drug-likeness (QED) is 0.708. The maximum Gasteiger partial charge on any atom is 0.238 e. The summed E-state index contributed by atoms with van der Waals surface area (Å²) in [5.41, 5.74) is 6.54. The zero-order valence-corrected chi connectivity index (χ0v) is 8.07. The predicted molar refractivity (Wildman–Crippen MR) is 58.9 cm³/mol. The molecule has 0 saturated carbocycles. The SMILES string of the molecule is NCC(=O)Nc1ccccc1/C=C/[C]=O. The Kier molecular flexibility index (Phi) is 4.25. The molecule has 0 aliphatic carbocycles. The number of hydrogen-bond acceptors (Lipinski definition) is 3. The fraction of sp³-hybridized carbons (Fsp3) is 0.0909. The van der Waals surface area contributed by atoms with E-state index < -0.39 is 0 Å². The zero-order valence-electron chi connectivity index (χ0n) is 8.07. The number of benzene rings is 1. The maximum absolute atomic E-state index is 11.1. The molecule has 0 unspecified atom stereocenters. The Balaban J connectivity index is 2.90. The maximum atomic E-state index is 11.1. The van der Waals surface area contributed by atoms with Crippen molar-refractivity contribution in [3.05, 3.63) is 35.9 Å². The van der Waals surface area contributed by atoms with E-state index >= 15 is 0 Å². The summed E-state index contributed by atoms with van der Waals surface area (Å²) in [6.07, 6.45) is 4.45. The van der Waals surface area contributed by atoms with Crippen LogP contribution in [-0.4, -0.2) is 18.7 Å². The average Bonchev–Trinajstić information content (AvgIpc) is 2.28. The molecule has 4 nitrogen and oxygen atoms in total. The molecule has 0 aliphatic rings. The molecule has 0 aliphatic heterocycles. The second kappa shape index (κ2) is 5.72. The lowest BCUT2D eigenvalue weighted by molar-refractivity contribution is -0.114. The van der Waals surface area contributed by atoms with E-state index in [1.54, 1.807) is 30.6 Å². The van der Waals surface area contributed by atoms with Crippen LogP contribution in [0, 0.1) is 0 Å². The molecular formula is C11H11N2O2. The summed E-state index contributed by atoms with van der Waals surface area (Å²) in [6, 6.07) is 7.11. The second-order valence-corrected chi connectivity index (χ2v) is 2.79. The summed E-state index contributed by atoms with van der Waals surface area (Å²) in [4.78, 5) is 21.1. The number of allylic oxidation sites excluding steroid dienone is 1. The minimum absolute atomic E-state index is 0.0716. The number of amides is 1. The largest absolute Gasteiger partial charge is 0.324 e. The molecule has 15 heavy (non-hydrogen) atoms. The highest BCUT2D eigenvalue weighted by atomic mass is 16.1. The molecule has 0 bridgehead atoms. The van der Waals surface area contributed by atoms with Gasteiger partial charge in [0, 0.05) is 5.69 Å². The summed E-state index contributed by atoms with van der Waals surface area (Å²) < 4.78 is 0. The summed E-state index contributed by atoms with van der Waals surface area (Å²) in [5, 5.41) is 2.62. The molecule has 0 aromatic heterocycles. The van der Waals surface area contributed by atoms with Crippen molar-refractivity contribution in [2.45, 2.75) is 0 Å². The van der Waals surface area contributed by atoms with E-state index in [0.29, 0.717) is 5.69 Å². The van der Waals surface area contributed by atoms with E-state index in [9.17, 15) is 9.59 Å². The van der Waals surface area contributed by atoms with Crippen molar-refractivity contribution in [3.8, 4) is 0 Å². The Bertz CT molecular complexity index is 386. The Morgan fingerprint density at radius 2 is 2.20 bits per heavy atom. The minimum Gasteiger partial charge on any atom is -0.324 e. The first kappa shape index (κ1) is 11.1. The van der Waals surface area contributed by atoms with Gasteiger partial charge in [-0.15, -0.1) is 0 Å². The molecule has 1 aromatic carbocycles. The zero-order chi connectivity index (χ0) is 11.1. The van der Waals surface area contributed by atoms with Crippen molar-refractivity contribution in [2.75, 3.05) is 11.9 Å². The Morgan fingerprint density at radius 3 is 2.87 bits per heavy atom. The van der Waals surface area contributed by atoms with E-state index in [1.807, 2.05) is 6.07 Å². The van der Waals surface area contributed by atoms with Gasteiger partial charge in [0.05, 0.1) is 6.54 Å². The fourth-order valence-electron chi connectivity index (χ4n) is 1.08. The van der Waals surface area contributed by atoms with Crippen molar-refractivity contribution in [1.82, 2.24) is 0 Å². The van der Waals surface area contributed by atoms with Crippen molar-refractivity contribution >= 4 is 24.0 Å². The number of carbonyl (C=O) groups excluding carboxylic acids is 2. The second-order valence-electron chi connectivity index (χ2n) is 2.79. The summed E-state index contributed by atoms with van der Waals surface area (Å²) in [6.45, 7) is -0.0716. The van der Waals surface area contributed by atoms with E-state index in [4.69, 9.17) is 5.73 Å². The van der Waals surface area contributed by atoms with Crippen LogP contribution in [0.25, 0.3) is 6.08 Å². The number of nitrogens with two attached hydrogens (primary N) is 1. The Hall–Kier alpha value is -1.94. The first-order valence-electron chi connectivity index (χ1n) is 4.41. The Morgan fingerprint density at radius 1 is 1.47 bits per heavy atom. The number of para-hydroxylation sites is 1. The van der Waals surface area contributed by atoms with Gasteiger partial charge in [0.25, 0.3) is 0 Å². The van der Waals surface area contributed by atoms with E-state index in [-0.39, 0.29) is 12.5 Å². The number of rotatable bonds is 4. The van der Waals surface area contributed by atoms with Gasteiger partial charge in [-0.3, -0.25) is 9.59 Å². The van der Waals surface area contributed by atoms with E-state index in [0.717, 1.165) is 5.56 Å². The van der Waals surface area contributed by atoms with Crippen LogP contribution in [0.1, 0.15) is 5.56 Å². The molecule has 0 fully saturated rings. The highest BCUT2D eigenvalue weighted by molar-refractivity contribution is 5.94. The van der Waals surface area contributed by atoms with Crippen molar-refractivity contribution < 1.29 is 9.59 Å². The van der Waals surface area contributed by atoms with Crippen LogP contribution < -0.4 is 11.1 Å². The molecule has 3 N–H and O–H groups in total. The number of anilines is 1. The summed E-state index contributed by atoms with van der Waals surface area (Å²) in [5.74, 6) is -0.272. The third kappa shape index (κ3) is 3.36. The van der Waals surface area contributed by atoms with Crippen LogP contribution in [0.15, 0.2) is 30.3 Å². The van der Waals surface area contributed by atoms with E-state index in [2.05, 4.69) is 5.32 Å². The third-order valence-electron chi connectivity index (χ3n) is 1.75. The molecule has 0 atom stereocenters. The van der Waals surface area contributed by atoms with Gasteiger partial charge in [-0.05, 0) is 23.8 Å². The number of hydrogen-bond donors (Lipinski definition) is 2. The molecule has 0 saturated heterocycles. The molecule has 4 heteroatoms. The van der Waals surface area contributed by atoms with Gasteiger partial charge >= 0.3 is 0 Å². The number of nitrogens with one attached hydrogen (secondary N) is 1. The van der Waals surface area contributed by atoms with Gasteiger partial charge in [-0.25, -0.2) is 0 Å². The van der Waals surface area contributed by atoms with Gasteiger partial charge in [-0.2, -0.15) is 0 Å². The minimum atomic E-state index is -0.272. The van der Waals surface area contributed by atoms with Gasteiger partial charge < -0.3 is 11.1 Å². The van der Waals surface area contributed by atoms with Crippen LogP contribution in [0.3, 0.4) is 0 Å². The van der Waals surface area contributed by atoms with Crippen LogP contribution in [0.2, 0.25) is 0 Å². The Labute approximate surface area is 87.8 Å². The van der Waals surface area contributed by atoms with Crippen molar-refractivity contribution in [3.63, 3.8) is 0 Å². The monoisotopic (exact) mass is 203 g/mol. The molecule has 1 rings (SSSR count). The van der Waals surface area contributed by atoms with Gasteiger partial charge in [0.1, 0.15) is 0 Å². The van der Waals surface area contributed by atoms with Crippen LogP contribution in [-0.2, 0) is 9.59 Å². The van der Waals surface area contributed by atoms with Crippen molar-refractivity contribution in [1.29, 1.82) is 0 Å². The molecular weight excluding hydrogens is 192 g/mol. The lowest BCUT2D eigenvalue weighted by atomic mass is 10.1. The lowest BCUT2D eigenvalue weighted by Gasteiger charge is -2.06. The van der Waals surface area contributed by atoms with Crippen LogP contribution in [0.5, 0.6) is 0 Å². The summed E-state index contributed by atoms with van der Waals surface area (Å²) >= 11 is 0. The highest BCUT2D eigenvalue weighted by Gasteiger charge is 2.01. The highest BCUT2D eigenvalue weighted by Crippen LogP contribution is 2.15. The van der Waals surface area contributed by atoms with Gasteiger partial charge in [-0.1, -0.05) is 18.2 Å². The van der Waals surface area contributed by atoms with Gasteiger partial charge in [0.2, 0.25) is 12.2 Å².